The molecule has 2 aromatic rings. The monoisotopic (exact) mass is 332 g/mol. The molecule has 1 aromatic heterocycles. The van der Waals surface area contributed by atoms with E-state index in [2.05, 4.69) is 15.9 Å². The van der Waals surface area contributed by atoms with Crippen molar-refractivity contribution in [1.29, 1.82) is 0 Å². The molecule has 0 saturated carbocycles. The van der Waals surface area contributed by atoms with Crippen LogP contribution in [-0.4, -0.2) is 16.2 Å². The Bertz CT molecular complexity index is 615. The zero-order valence-electron chi connectivity index (χ0n) is 9.23. The van der Waals surface area contributed by atoms with Gasteiger partial charge in [0.25, 0.3) is 0 Å². The Kier molecular flexibility index (Phi) is 3.68. The lowest BCUT2D eigenvalue weighted by Gasteiger charge is -2.11. The Morgan fingerprint density at radius 1 is 1.26 bits per heavy atom. The van der Waals surface area contributed by atoms with Crippen LogP contribution in [0.5, 0.6) is 0 Å². The van der Waals surface area contributed by atoms with Gasteiger partial charge in [-0.3, -0.25) is 0 Å². The van der Waals surface area contributed by atoms with Gasteiger partial charge in [-0.2, -0.15) is 0 Å². The summed E-state index contributed by atoms with van der Waals surface area (Å²) >= 11 is 2.91. The van der Waals surface area contributed by atoms with Crippen LogP contribution in [0.1, 0.15) is 28.0 Å². The van der Waals surface area contributed by atoms with Gasteiger partial charge in [0.1, 0.15) is 23.5 Å². The van der Waals surface area contributed by atoms with Crippen molar-refractivity contribution in [2.75, 3.05) is 0 Å². The van der Waals surface area contributed by atoms with Crippen LogP contribution in [0, 0.1) is 11.6 Å². The first-order valence-corrected chi connectivity index (χ1v) is 5.85. The molecular formula is C12H7BrF2O4. The number of halogens is 3. The van der Waals surface area contributed by atoms with Crippen molar-refractivity contribution in [2.24, 2.45) is 0 Å². The Labute approximate surface area is 114 Å². The number of rotatable bonds is 3. The predicted octanol–water partition coefficient (Wildman–Crippen LogP) is 3.10. The highest BCUT2D eigenvalue weighted by Gasteiger charge is 2.24. The van der Waals surface area contributed by atoms with Gasteiger partial charge >= 0.3 is 5.97 Å². The van der Waals surface area contributed by atoms with Gasteiger partial charge in [-0.15, -0.1) is 0 Å². The Hall–Kier alpha value is -1.73. The lowest BCUT2D eigenvalue weighted by molar-refractivity contribution is 0.0654. The molecule has 1 aromatic carbocycles. The SMILES string of the molecule is O=C(O)c1ccc(C(O)c2c(F)cc(Br)cc2F)o1. The van der Waals surface area contributed by atoms with Crippen LogP contribution in [-0.2, 0) is 0 Å². The first kappa shape index (κ1) is 13.7. The summed E-state index contributed by atoms with van der Waals surface area (Å²) in [6, 6.07) is 4.22. The summed E-state index contributed by atoms with van der Waals surface area (Å²) in [6.45, 7) is 0. The molecule has 19 heavy (non-hydrogen) atoms. The number of furan rings is 1. The number of hydrogen-bond acceptors (Lipinski definition) is 3. The van der Waals surface area contributed by atoms with Crippen molar-refractivity contribution in [3.8, 4) is 0 Å². The van der Waals surface area contributed by atoms with Gasteiger partial charge in [-0.1, -0.05) is 15.9 Å². The van der Waals surface area contributed by atoms with Crippen molar-refractivity contribution in [3.05, 3.63) is 57.5 Å². The molecule has 2 rings (SSSR count). The molecule has 0 fully saturated rings. The molecule has 0 aliphatic heterocycles. The first-order valence-electron chi connectivity index (χ1n) is 5.05. The lowest BCUT2D eigenvalue weighted by atomic mass is 10.1. The van der Waals surface area contributed by atoms with Gasteiger partial charge in [0.2, 0.25) is 5.76 Å². The molecule has 0 aliphatic rings. The largest absolute Gasteiger partial charge is 0.475 e. The van der Waals surface area contributed by atoms with Gasteiger partial charge in [-0.05, 0) is 24.3 Å². The maximum absolute atomic E-state index is 13.6. The number of carboxylic acids is 1. The molecule has 0 amide bonds. The minimum absolute atomic E-state index is 0.184. The van der Waals surface area contributed by atoms with Gasteiger partial charge in [-0.25, -0.2) is 13.6 Å². The summed E-state index contributed by atoms with van der Waals surface area (Å²) < 4.78 is 32.2. The zero-order valence-corrected chi connectivity index (χ0v) is 10.8. The second-order valence-corrected chi connectivity index (χ2v) is 4.61. The number of aliphatic hydroxyl groups is 1. The van der Waals surface area contributed by atoms with E-state index in [1.54, 1.807) is 0 Å². The molecule has 0 radical (unpaired) electrons. The molecule has 1 atom stereocenters. The van der Waals surface area contributed by atoms with Crippen LogP contribution in [0.3, 0.4) is 0 Å². The maximum Gasteiger partial charge on any atom is 0.371 e. The van der Waals surface area contributed by atoms with E-state index < -0.39 is 35.0 Å². The molecule has 0 spiro atoms. The topological polar surface area (TPSA) is 70.7 Å². The molecule has 0 saturated heterocycles. The fraction of sp³-hybridized carbons (Fsp3) is 0.0833. The molecule has 100 valence electrons. The summed E-state index contributed by atoms with van der Waals surface area (Å²) in [7, 11) is 0. The third-order valence-corrected chi connectivity index (χ3v) is 2.88. The second kappa shape index (κ2) is 5.10. The van der Waals surface area contributed by atoms with Crippen molar-refractivity contribution < 1.29 is 28.2 Å². The predicted molar refractivity (Wildman–Crippen MR) is 63.8 cm³/mol. The van der Waals surface area contributed by atoms with E-state index in [9.17, 15) is 18.7 Å². The highest BCUT2D eigenvalue weighted by molar-refractivity contribution is 9.10. The van der Waals surface area contributed by atoms with E-state index in [0.29, 0.717) is 0 Å². The molecule has 0 bridgehead atoms. The summed E-state index contributed by atoms with van der Waals surface area (Å²) in [5, 5.41) is 18.5. The molecule has 1 unspecified atom stereocenters. The summed E-state index contributed by atoms with van der Waals surface area (Å²) in [4.78, 5) is 10.6. The van der Waals surface area contributed by atoms with E-state index in [-0.39, 0.29) is 10.2 Å². The maximum atomic E-state index is 13.6. The summed E-state index contributed by atoms with van der Waals surface area (Å²) in [6.07, 6.45) is -1.72. The number of aromatic carboxylic acids is 1. The molecule has 1 heterocycles. The van der Waals surface area contributed by atoms with Gasteiger partial charge in [0.05, 0.1) is 5.56 Å². The van der Waals surface area contributed by atoms with Crippen molar-refractivity contribution in [2.45, 2.75) is 6.10 Å². The average Bonchev–Trinajstić information content (AvgIpc) is 2.76. The van der Waals surface area contributed by atoms with Crippen molar-refractivity contribution >= 4 is 21.9 Å². The normalized spacial score (nSPS) is 12.4. The second-order valence-electron chi connectivity index (χ2n) is 3.69. The average molecular weight is 333 g/mol. The van der Waals surface area contributed by atoms with Crippen molar-refractivity contribution in [1.82, 2.24) is 0 Å². The smallest absolute Gasteiger partial charge is 0.371 e. The highest BCUT2D eigenvalue weighted by atomic mass is 79.9. The van der Waals surface area contributed by atoms with E-state index in [0.717, 1.165) is 24.3 Å². The van der Waals surface area contributed by atoms with Crippen LogP contribution in [0.2, 0.25) is 0 Å². The van der Waals surface area contributed by atoms with Crippen LogP contribution >= 0.6 is 15.9 Å². The van der Waals surface area contributed by atoms with Crippen LogP contribution in [0.15, 0.2) is 33.2 Å². The number of benzene rings is 1. The highest BCUT2D eigenvalue weighted by Crippen LogP contribution is 2.30. The van der Waals surface area contributed by atoms with Gasteiger partial charge in [0, 0.05) is 4.47 Å². The van der Waals surface area contributed by atoms with Crippen LogP contribution in [0.25, 0.3) is 0 Å². The Balaban J connectivity index is 2.43. The standard InChI is InChI=1S/C12H7BrF2O4/c13-5-3-6(14)10(7(15)4-5)11(16)8-1-2-9(19-8)12(17)18/h1-4,11,16H,(H,17,18). The third-order valence-electron chi connectivity index (χ3n) is 2.42. The lowest BCUT2D eigenvalue weighted by Crippen LogP contribution is -2.05. The Morgan fingerprint density at radius 2 is 1.84 bits per heavy atom. The number of hydrogen-bond donors (Lipinski definition) is 2. The van der Waals surface area contributed by atoms with Gasteiger partial charge in [0.15, 0.2) is 0 Å². The van der Waals surface area contributed by atoms with E-state index in [1.165, 1.54) is 0 Å². The summed E-state index contributed by atoms with van der Waals surface area (Å²) in [5.74, 6) is -3.94. The quantitative estimate of drug-likeness (QED) is 0.906. The molecule has 7 heteroatoms. The molecule has 0 aliphatic carbocycles. The zero-order chi connectivity index (χ0) is 14.2. The first-order chi connectivity index (χ1) is 8.90. The van der Waals surface area contributed by atoms with Crippen LogP contribution < -0.4 is 0 Å². The molecule has 2 N–H and O–H groups in total. The Morgan fingerprint density at radius 3 is 2.32 bits per heavy atom. The number of carbonyl (C=O) groups is 1. The molecule has 4 nitrogen and oxygen atoms in total. The van der Waals surface area contributed by atoms with E-state index in [1.807, 2.05) is 0 Å². The minimum Gasteiger partial charge on any atom is -0.475 e. The fourth-order valence-corrected chi connectivity index (χ4v) is 1.97. The fourth-order valence-electron chi connectivity index (χ4n) is 1.57. The van der Waals surface area contributed by atoms with E-state index >= 15 is 0 Å². The number of aliphatic hydroxyl groups excluding tert-OH is 1. The molecular weight excluding hydrogens is 326 g/mol. The van der Waals surface area contributed by atoms with Crippen molar-refractivity contribution in [3.63, 3.8) is 0 Å². The van der Waals surface area contributed by atoms with E-state index in [4.69, 9.17) is 9.52 Å². The van der Waals surface area contributed by atoms with Crippen LogP contribution in [0.4, 0.5) is 8.78 Å². The van der Waals surface area contributed by atoms with Gasteiger partial charge < -0.3 is 14.6 Å². The third kappa shape index (κ3) is 2.66. The summed E-state index contributed by atoms with van der Waals surface area (Å²) in [5.41, 5.74) is -0.602. The number of carboxylic acid groups (broad SMARTS) is 1. The minimum atomic E-state index is -1.72.